The molecule has 0 atom stereocenters. The summed E-state index contributed by atoms with van der Waals surface area (Å²) in [5, 5.41) is 3.38. The van der Waals surface area contributed by atoms with Gasteiger partial charge in [-0.1, -0.05) is 11.3 Å². The summed E-state index contributed by atoms with van der Waals surface area (Å²) >= 11 is 5.16. The van der Waals surface area contributed by atoms with Crippen molar-refractivity contribution in [1.29, 1.82) is 0 Å². The van der Waals surface area contributed by atoms with E-state index in [1.165, 1.54) is 18.5 Å². The molecule has 1 aliphatic heterocycles. The summed E-state index contributed by atoms with van der Waals surface area (Å²) in [5.74, 6) is 0.650. The van der Waals surface area contributed by atoms with Crippen LogP contribution in [-0.4, -0.2) is 22.5 Å². The fourth-order valence-electron chi connectivity index (χ4n) is 2.10. The van der Waals surface area contributed by atoms with Crippen LogP contribution in [0.3, 0.4) is 0 Å². The Morgan fingerprint density at radius 2 is 2.20 bits per heavy atom. The standard InChI is InChI=1S/C10H12BrN3S/c11-9-6-14-5-8(13-10(14)15-9)7-1-3-12-4-2-7/h5-7,12H,1-4H2. The molecule has 0 aliphatic carbocycles. The van der Waals surface area contributed by atoms with Gasteiger partial charge >= 0.3 is 0 Å². The molecule has 3 nitrogen and oxygen atoms in total. The molecule has 2 aromatic rings. The van der Waals surface area contributed by atoms with Gasteiger partial charge in [-0.15, -0.1) is 0 Å². The first-order valence-corrected chi connectivity index (χ1v) is 6.78. The predicted octanol–water partition coefficient (Wildman–Crippen LogP) is 2.63. The van der Waals surface area contributed by atoms with E-state index in [-0.39, 0.29) is 0 Å². The molecule has 0 unspecified atom stereocenters. The van der Waals surface area contributed by atoms with E-state index in [2.05, 4.69) is 43.0 Å². The molecule has 80 valence electrons. The summed E-state index contributed by atoms with van der Waals surface area (Å²) in [7, 11) is 0. The highest BCUT2D eigenvalue weighted by atomic mass is 79.9. The van der Waals surface area contributed by atoms with E-state index in [1.807, 2.05) is 0 Å². The highest BCUT2D eigenvalue weighted by Crippen LogP contribution is 2.28. The highest BCUT2D eigenvalue weighted by molar-refractivity contribution is 9.11. The van der Waals surface area contributed by atoms with Crippen LogP contribution >= 0.6 is 27.3 Å². The number of nitrogens with zero attached hydrogens (tertiary/aromatic N) is 2. The summed E-state index contributed by atoms with van der Waals surface area (Å²) in [4.78, 5) is 5.77. The number of halogens is 1. The van der Waals surface area contributed by atoms with Crippen LogP contribution in [0.25, 0.3) is 4.96 Å². The number of rotatable bonds is 1. The fourth-order valence-corrected chi connectivity index (χ4v) is 3.46. The zero-order valence-electron chi connectivity index (χ0n) is 8.24. The first kappa shape index (κ1) is 9.81. The van der Waals surface area contributed by atoms with Crippen LogP contribution < -0.4 is 5.32 Å². The van der Waals surface area contributed by atoms with Gasteiger partial charge in [-0.3, -0.25) is 4.40 Å². The Labute approximate surface area is 101 Å². The normalized spacial score (nSPS) is 18.7. The third-order valence-electron chi connectivity index (χ3n) is 2.90. The highest BCUT2D eigenvalue weighted by Gasteiger charge is 2.18. The van der Waals surface area contributed by atoms with Crippen molar-refractivity contribution in [3.63, 3.8) is 0 Å². The SMILES string of the molecule is Brc1cn2cc(C3CCNCC3)nc2s1. The molecule has 3 rings (SSSR count). The molecule has 3 heterocycles. The average Bonchev–Trinajstić information content (AvgIpc) is 2.76. The van der Waals surface area contributed by atoms with E-state index in [0.717, 1.165) is 21.8 Å². The van der Waals surface area contributed by atoms with Crippen molar-refractivity contribution < 1.29 is 0 Å². The van der Waals surface area contributed by atoms with Gasteiger partial charge in [0.2, 0.25) is 0 Å². The lowest BCUT2D eigenvalue weighted by Gasteiger charge is -2.20. The van der Waals surface area contributed by atoms with Crippen molar-refractivity contribution >= 4 is 32.2 Å². The largest absolute Gasteiger partial charge is 0.317 e. The minimum Gasteiger partial charge on any atom is -0.317 e. The molecular weight excluding hydrogens is 274 g/mol. The number of aromatic nitrogens is 2. The van der Waals surface area contributed by atoms with E-state index in [4.69, 9.17) is 0 Å². The Balaban J connectivity index is 1.93. The van der Waals surface area contributed by atoms with Crippen LogP contribution in [0.2, 0.25) is 0 Å². The zero-order valence-corrected chi connectivity index (χ0v) is 10.6. The van der Waals surface area contributed by atoms with Crippen LogP contribution in [0.1, 0.15) is 24.5 Å². The smallest absolute Gasteiger partial charge is 0.194 e. The van der Waals surface area contributed by atoms with Crippen LogP contribution in [0.5, 0.6) is 0 Å². The van der Waals surface area contributed by atoms with E-state index in [1.54, 1.807) is 11.3 Å². The average molecular weight is 286 g/mol. The first-order valence-electron chi connectivity index (χ1n) is 5.17. The van der Waals surface area contributed by atoms with Crippen molar-refractivity contribution in [2.24, 2.45) is 0 Å². The second-order valence-electron chi connectivity index (χ2n) is 3.92. The van der Waals surface area contributed by atoms with Crippen LogP contribution in [0.4, 0.5) is 0 Å². The van der Waals surface area contributed by atoms with E-state index >= 15 is 0 Å². The molecule has 1 fully saturated rings. The molecule has 1 N–H and O–H groups in total. The summed E-state index contributed by atoms with van der Waals surface area (Å²) in [6, 6.07) is 0. The molecule has 1 saturated heterocycles. The lowest BCUT2D eigenvalue weighted by Crippen LogP contribution is -2.26. The monoisotopic (exact) mass is 285 g/mol. The lowest BCUT2D eigenvalue weighted by atomic mass is 9.95. The molecule has 0 aromatic carbocycles. The topological polar surface area (TPSA) is 29.3 Å². The second kappa shape index (κ2) is 3.88. The molecule has 0 radical (unpaired) electrons. The van der Waals surface area contributed by atoms with Crippen molar-refractivity contribution in [3.05, 3.63) is 21.9 Å². The van der Waals surface area contributed by atoms with E-state index in [0.29, 0.717) is 5.92 Å². The number of thiazole rings is 1. The molecule has 0 spiro atoms. The molecule has 15 heavy (non-hydrogen) atoms. The zero-order chi connectivity index (χ0) is 10.3. The van der Waals surface area contributed by atoms with Gasteiger partial charge in [-0.05, 0) is 41.9 Å². The van der Waals surface area contributed by atoms with Gasteiger partial charge in [0.15, 0.2) is 4.96 Å². The molecule has 0 saturated carbocycles. The van der Waals surface area contributed by atoms with Gasteiger partial charge < -0.3 is 5.32 Å². The molecule has 1 aliphatic rings. The minimum absolute atomic E-state index is 0.650. The molecular formula is C10H12BrN3S. The Kier molecular flexibility index (Phi) is 2.54. The van der Waals surface area contributed by atoms with Crippen molar-refractivity contribution in [2.75, 3.05) is 13.1 Å². The van der Waals surface area contributed by atoms with Gasteiger partial charge in [-0.2, -0.15) is 0 Å². The Morgan fingerprint density at radius 3 is 2.93 bits per heavy atom. The van der Waals surface area contributed by atoms with Gasteiger partial charge in [0, 0.05) is 18.3 Å². The van der Waals surface area contributed by atoms with Gasteiger partial charge in [0.25, 0.3) is 0 Å². The van der Waals surface area contributed by atoms with Crippen molar-refractivity contribution in [1.82, 2.24) is 14.7 Å². The predicted molar refractivity (Wildman–Crippen MR) is 65.6 cm³/mol. The Bertz CT molecular complexity index is 438. The van der Waals surface area contributed by atoms with Crippen molar-refractivity contribution in [2.45, 2.75) is 18.8 Å². The number of nitrogens with one attached hydrogen (secondary N) is 1. The number of hydrogen-bond donors (Lipinski definition) is 1. The van der Waals surface area contributed by atoms with E-state index < -0.39 is 0 Å². The third-order valence-corrected chi connectivity index (χ3v) is 4.38. The van der Waals surface area contributed by atoms with Gasteiger partial charge in [-0.25, -0.2) is 4.98 Å². The molecule has 5 heteroatoms. The van der Waals surface area contributed by atoms with Crippen LogP contribution in [0.15, 0.2) is 16.2 Å². The fraction of sp³-hybridized carbons (Fsp3) is 0.500. The molecule has 2 aromatic heterocycles. The summed E-state index contributed by atoms with van der Waals surface area (Å²) in [5.41, 5.74) is 1.26. The van der Waals surface area contributed by atoms with Gasteiger partial charge in [0.05, 0.1) is 9.48 Å². The lowest BCUT2D eigenvalue weighted by molar-refractivity contribution is 0.454. The third kappa shape index (κ3) is 1.84. The summed E-state index contributed by atoms with van der Waals surface area (Å²) in [6.07, 6.45) is 6.68. The first-order chi connectivity index (χ1) is 7.33. The number of hydrogen-bond acceptors (Lipinski definition) is 3. The summed E-state index contributed by atoms with van der Waals surface area (Å²) in [6.45, 7) is 2.25. The Hall–Kier alpha value is -0.390. The maximum absolute atomic E-state index is 4.68. The van der Waals surface area contributed by atoms with Crippen LogP contribution in [-0.2, 0) is 0 Å². The number of fused-ring (bicyclic) bond motifs is 1. The quantitative estimate of drug-likeness (QED) is 0.873. The number of piperidine rings is 1. The van der Waals surface area contributed by atoms with Gasteiger partial charge in [0.1, 0.15) is 0 Å². The second-order valence-corrected chi connectivity index (χ2v) is 6.30. The van der Waals surface area contributed by atoms with Crippen molar-refractivity contribution in [3.8, 4) is 0 Å². The molecule has 0 amide bonds. The summed E-state index contributed by atoms with van der Waals surface area (Å²) < 4.78 is 3.26. The van der Waals surface area contributed by atoms with Crippen LogP contribution in [0, 0.1) is 0 Å². The maximum Gasteiger partial charge on any atom is 0.194 e. The maximum atomic E-state index is 4.68. The minimum atomic E-state index is 0.650. The molecule has 0 bridgehead atoms. The Morgan fingerprint density at radius 1 is 1.40 bits per heavy atom. The van der Waals surface area contributed by atoms with E-state index in [9.17, 15) is 0 Å². The number of imidazole rings is 1.